The Morgan fingerprint density at radius 2 is 1.95 bits per heavy atom. The molecule has 102 valence electrons. The predicted octanol–water partition coefficient (Wildman–Crippen LogP) is 2.04. The van der Waals surface area contributed by atoms with Crippen molar-refractivity contribution in [1.82, 2.24) is 4.98 Å². The number of anilines is 1. The summed E-state index contributed by atoms with van der Waals surface area (Å²) in [5.74, 6) is -2.78. The third-order valence-corrected chi connectivity index (χ3v) is 2.88. The maximum absolute atomic E-state index is 13.3. The molecule has 1 heterocycles. The molecule has 0 unspecified atom stereocenters. The number of carbonyl (C=O) groups is 2. The maximum Gasteiger partial charge on any atom is 0.340 e. The summed E-state index contributed by atoms with van der Waals surface area (Å²) in [6.45, 7) is 1.64. The molecule has 1 aromatic heterocycles. The van der Waals surface area contributed by atoms with Gasteiger partial charge in [-0.05, 0) is 30.7 Å². The molecule has 0 aliphatic heterocycles. The lowest BCUT2D eigenvalue weighted by molar-refractivity contribution is 0.0693. The fourth-order valence-electron chi connectivity index (χ4n) is 1.88. The number of aryl methyl sites for hydroxylation is 1. The minimum Gasteiger partial charge on any atom is -0.478 e. The number of halogens is 1. The number of carboxylic acid groups (broad SMARTS) is 1. The van der Waals surface area contributed by atoms with Crippen LogP contribution in [0.25, 0.3) is 0 Å². The molecule has 0 bridgehead atoms. The molecule has 0 saturated heterocycles. The van der Waals surface area contributed by atoms with Crippen molar-refractivity contribution < 1.29 is 19.1 Å². The number of hydrogen-bond donors (Lipinski definition) is 2. The molecular formula is C14H11FN2O3. The average molecular weight is 274 g/mol. The number of nitrogens with zero attached hydrogens (tertiary/aromatic N) is 1. The summed E-state index contributed by atoms with van der Waals surface area (Å²) in [7, 11) is 0. The van der Waals surface area contributed by atoms with Crippen LogP contribution in [0.5, 0.6) is 0 Å². The van der Waals surface area contributed by atoms with Gasteiger partial charge >= 0.3 is 5.97 Å². The molecule has 0 radical (unpaired) electrons. The van der Waals surface area contributed by atoms with Crippen LogP contribution in [0.4, 0.5) is 10.2 Å². The zero-order valence-corrected chi connectivity index (χ0v) is 10.6. The van der Waals surface area contributed by atoms with E-state index in [4.69, 9.17) is 10.8 Å². The van der Waals surface area contributed by atoms with Crippen molar-refractivity contribution in [2.24, 2.45) is 0 Å². The first-order chi connectivity index (χ1) is 9.41. The number of hydrogen-bond acceptors (Lipinski definition) is 4. The summed E-state index contributed by atoms with van der Waals surface area (Å²) < 4.78 is 13.3. The quantitative estimate of drug-likeness (QED) is 0.835. The van der Waals surface area contributed by atoms with Crippen LogP contribution in [-0.4, -0.2) is 21.8 Å². The van der Waals surface area contributed by atoms with E-state index in [9.17, 15) is 14.0 Å². The third-order valence-electron chi connectivity index (χ3n) is 2.88. The van der Waals surface area contributed by atoms with E-state index in [0.29, 0.717) is 5.56 Å². The SMILES string of the molecule is Cc1ccc(F)cc1C(=O)c1ccnc(N)c1C(=O)O. The second-order valence-corrected chi connectivity index (χ2v) is 4.21. The van der Waals surface area contributed by atoms with Crippen molar-refractivity contribution in [3.63, 3.8) is 0 Å². The van der Waals surface area contributed by atoms with Crippen LogP contribution in [0.3, 0.4) is 0 Å². The van der Waals surface area contributed by atoms with Crippen LogP contribution in [0, 0.1) is 12.7 Å². The lowest BCUT2D eigenvalue weighted by atomic mass is 9.96. The topological polar surface area (TPSA) is 93.3 Å². The number of pyridine rings is 1. The zero-order chi connectivity index (χ0) is 14.9. The van der Waals surface area contributed by atoms with Gasteiger partial charge in [0.2, 0.25) is 0 Å². The first-order valence-electron chi connectivity index (χ1n) is 5.70. The van der Waals surface area contributed by atoms with Gasteiger partial charge in [0.1, 0.15) is 17.2 Å². The van der Waals surface area contributed by atoms with Crippen molar-refractivity contribution in [1.29, 1.82) is 0 Å². The molecule has 3 N–H and O–H groups in total. The molecule has 0 atom stereocenters. The van der Waals surface area contributed by atoms with Gasteiger partial charge in [-0.2, -0.15) is 0 Å². The zero-order valence-electron chi connectivity index (χ0n) is 10.6. The van der Waals surface area contributed by atoms with E-state index < -0.39 is 17.6 Å². The van der Waals surface area contributed by atoms with Crippen molar-refractivity contribution >= 4 is 17.6 Å². The van der Waals surface area contributed by atoms with E-state index >= 15 is 0 Å². The number of aromatic nitrogens is 1. The summed E-state index contributed by atoms with van der Waals surface area (Å²) in [4.78, 5) is 27.2. The third kappa shape index (κ3) is 2.35. The van der Waals surface area contributed by atoms with Gasteiger partial charge < -0.3 is 10.8 Å². The minimum atomic E-state index is -1.35. The lowest BCUT2D eigenvalue weighted by Crippen LogP contribution is -2.14. The highest BCUT2D eigenvalue weighted by Gasteiger charge is 2.22. The van der Waals surface area contributed by atoms with Crippen molar-refractivity contribution in [3.8, 4) is 0 Å². The highest BCUT2D eigenvalue weighted by molar-refractivity contribution is 6.16. The second-order valence-electron chi connectivity index (χ2n) is 4.21. The normalized spacial score (nSPS) is 10.3. The first kappa shape index (κ1) is 13.7. The Kier molecular flexibility index (Phi) is 3.47. The largest absolute Gasteiger partial charge is 0.478 e. The number of ketones is 1. The van der Waals surface area contributed by atoms with Gasteiger partial charge in [0, 0.05) is 17.3 Å². The minimum absolute atomic E-state index is 0.0955. The molecule has 0 saturated carbocycles. The molecule has 0 spiro atoms. The van der Waals surface area contributed by atoms with Crippen LogP contribution in [-0.2, 0) is 0 Å². The Labute approximate surface area is 113 Å². The number of carbonyl (C=O) groups excluding carboxylic acids is 1. The van der Waals surface area contributed by atoms with Crippen LogP contribution in [0.15, 0.2) is 30.5 Å². The van der Waals surface area contributed by atoms with Gasteiger partial charge in [-0.25, -0.2) is 14.2 Å². The van der Waals surface area contributed by atoms with E-state index in [1.807, 2.05) is 0 Å². The Hall–Kier alpha value is -2.76. The standard InChI is InChI=1S/C14H11FN2O3/c1-7-2-3-8(15)6-10(7)12(18)9-4-5-17-13(16)11(9)14(19)20/h2-6H,1H3,(H2,16,17)(H,19,20). The summed E-state index contributed by atoms with van der Waals surface area (Å²) in [6.07, 6.45) is 1.24. The number of aromatic carboxylic acids is 1. The summed E-state index contributed by atoms with van der Waals surface area (Å²) in [5.41, 5.74) is 5.64. The Morgan fingerprint density at radius 1 is 1.25 bits per heavy atom. The van der Waals surface area contributed by atoms with Gasteiger partial charge in [-0.3, -0.25) is 4.79 Å². The van der Waals surface area contributed by atoms with E-state index in [1.165, 1.54) is 24.4 Å². The fourth-order valence-corrected chi connectivity index (χ4v) is 1.88. The highest BCUT2D eigenvalue weighted by atomic mass is 19.1. The molecule has 20 heavy (non-hydrogen) atoms. The monoisotopic (exact) mass is 274 g/mol. The van der Waals surface area contributed by atoms with E-state index in [2.05, 4.69) is 4.98 Å². The number of rotatable bonds is 3. The van der Waals surface area contributed by atoms with E-state index in [0.717, 1.165) is 6.07 Å². The second kappa shape index (κ2) is 5.08. The van der Waals surface area contributed by atoms with Crippen molar-refractivity contribution in [3.05, 3.63) is 58.5 Å². The predicted molar refractivity (Wildman–Crippen MR) is 70.2 cm³/mol. The number of carboxylic acids is 1. The van der Waals surface area contributed by atoms with Crippen LogP contribution < -0.4 is 5.73 Å². The molecule has 1 aromatic carbocycles. The molecule has 2 aromatic rings. The van der Waals surface area contributed by atoms with E-state index in [1.54, 1.807) is 6.92 Å². The van der Waals surface area contributed by atoms with Crippen LogP contribution >= 0.6 is 0 Å². The Bertz CT molecular complexity index is 714. The number of benzene rings is 1. The van der Waals surface area contributed by atoms with Crippen molar-refractivity contribution in [2.75, 3.05) is 5.73 Å². The van der Waals surface area contributed by atoms with E-state index in [-0.39, 0.29) is 22.5 Å². The molecular weight excluding hydrogens is 263 g/mol. The van der Waals surface area contributed by atoms with Crippen LogP contribution in [0.1, 0.15) is 31.8 Å². The van der Waals surface area contributed by atoms with Crippen LogP contribution in [0.2, 0.25) is 0 Å². The number of nitrogen functional groups attached to an aromatic ring is 1. The molecule has 6 heteroatoms. The average Bonchev–Trinajstić information content (AvgIpc) is 2.40. The summed E-state index contributed by atoms with van der Waals surface area (Å²) in [6, 6.07) is 5.01. The number of nitrogens with two attached hydrogens (primary N) is 1. The first-order valence-corrected chi connectivity index (χ1v) is 5.70. The summed E-state index contributed by atoms with van der Waals surface area (Å²) >= 11 is 0. The van der Waals surface area contributed by atoms with Gasteiger partial charge in [0.15, 0.2) is 5.78 Å². The molecule has 0 amide bonds. The smallest absolute Gasteiger partial charge is 0.340 e. The lowest BCUT2D eigenvalue weighted by Gasteiger charge is -2.09. The molecule has 2 rings (SSSR count). The van der Waals surface area contributed by atoms with Gasteiger partial charge in [0.05, 0.1) is 0 Å². The molecule has 0 aliphatic carbocycles. The molecule has 0 fully saturated rings. The Balaban J connectivity index is 2.63. The van der Waals surface area contributed by atoms with Crippen molar-refractivity contribution in [2.45, 2.75) is 6.92 Å². The summed E-state index contributed by atoms with van der Waals surface area (Å²) in [5, 5.41) is 9.12. The molecule has 0 aliphatic rings. The maximum atomic E-state index is 13.3. The molecule has 5 nitrogen and oxygen atoms in total. The fraction of sp³-hybridized carbons (Fsp3) is 0.0714. The van der Waals surface area contributed by atoms with Gasteiger partial charge in [-0.1, -0.05) is 6.07 Å². The van der Waals surface area contributed by atoms with Gasteiger partial charge in [-0.15, -0.1) is 0 Å². The highest BCUT2D eigenvalue weighted by Crippen LogP contribution is 2.21. The Morgan fingerprint density at radius 3 is 2.60 bits per heavy atom. The van der Waals surface area contributed by atoms with Gasteiger partial charge in [0.25, 0.3) is 0 Å².